The summed E-state index contributed by atoms with van der Waals surface area (Å²) in [7, 11) is 0. The lowest BCUT2D eigenvalue weighted by Crippen LogP contribution is -2.17. The Hall–Kier alpha value is -3.03. The number of carboxylic acids is 1. The van der Waals surface area contributed by atoms with Crippen LogP contribution in [-0.2, 0) is 0 Å². The number of pyridine rings is 1. The van der Waals surface area contributed by atoms with Gasteiger partial charge in [-0.25, -0.2) is 14.8 Å². The summed E-state index contributed by atoms with van der Waals surface area (Å²) in [5.41, 5.74) is -0.300. The van der Waals surface area contributed by atoms with Gasteiger partial charge in [0.2, 0.25) is 0 Å². The lowest BCUT2D eigenvalue weighted by Gasteiger charge is -2.06. The van der Waals surface area contributed by atoms with Crippen LogP contribution in [0.4, 0.5) is 5.82 Å². The molecule has 0 aliphatic heterocycles. The quantitative estimate of drug-likeness (QED) is 0.734. The molecule has 96 valence electrons. The van der Waals surface area contributed by atoms with E-state index < -0.39 is 11.9 Å². The fraction of sp³-hybridized carbons (Fsp3) is 0. The maximum atomic E-state index is 11.8. The molecule has 0 aliphatic carbocycles. The van der Waals surface area contributed by atoms with Gasteiger partial charge in [0.25, 0.3) is 5.91 Å². The van der Waals surface area contributed by atoms with Gasteiger partial charge in [0, 0.05) is 18.6 Å². The lowest BCUT2D eigenvalue weighted by atomic mass is 10.2. The van der Waals surface area contributed by atoms with Crippen molar-refractivity contribution in [3.05, 3.63) is 42.1 Å². The van der Waals surface area contributed by atoms with E-state index in [1.54, 1.807) is 0 Å². The molecule has 1 amide bonds. The highest BCUT2D eigenvalue weighted by atomic mass is 16.4. The van der Waals surface area contributed by atoms with Gasteiger partial charge in [-0.05, 0) is 6.07 Å². The van der Waals surface area contributed by atoms with Crippen LogP contribution in [0, 0.1) is 0 Å². The molecule has 0 fully saturated rings. The zero-order chi connectivity index (χ0) is 13.8. The van der Waals surface area contributed by atoms with Crippen LogP contribution in [0.3, 0.4) is 0 Å². The van der Waals surface area contributed by atoms with Crippen molar-refractivity contribution in [1.82, 2.24) is 15.0 Å². The molecular formula is C11H8N4O4. The number of amides is 1. The van der Waals surface area contributed by atoms with Crippen LogP contribution >= 0.6 is 0 Å². The van der Waals surface area contributed by atoms with Crippen molar-refractivity contribution < 1.29 is 19.8 Å². The molecule has 0 saturated carbocycles. The second-order valence-electron chi connectivity index (χ2n) is 3.44. The van der Waals surface area contributed by atoms with E-state index in [2.05, 4.69) is 20.3 Å². The van der Waals surface area contributed by atoms with Gasteiger partial charge in [-0.15, -0.1) is 0 Å². The maximum Gasteiger partial charge on any atom is 0.358 e. The Morgan fingerprint density at radius 2 is 1.89 bits per heavy atom. The van der Waals surface area contributed by atoms with Crippen molar-refractivity contribution in [2.45, 2.75) is 0 Å². The molecule has 3 N–H and O–H groups in total. The standard InChI is InChI=1S/C11H8N4O4/c16-7-3-6(4-12-5-7)10(17)15-9-8(11(18)19)13-1-2-14-9/h1-5,16H,(H,18,19)(H,14,15,17). The highest BCUT2D eigenvalue weighted by Crippen LogP contribution is 2.12. The van der Waals surface area contributed by atoms with E-state index in [-0.39, 0.29) is 22.8 Å². The lowest BCUT2D eigenvalue weighted by molar-refractivity contribution is 0.0691. The molecule has 0 unspecified atom stereocenters. The van der Waals surface area contributed by atoms with Crippen molar-refractivity contribution in [1.29, 1.82) is 0 Å². The molecule has 0 bridgehead atoms. The van der Waals surface area contributed by atoms with Gasteiger partial charge >= 0.3 is 5.97 Å². The fourth-order valence-electron chi connectivity index (χ4n) is 1.32. The highest BCUT2D eigenvalue weighted by Gasteiger charge is 2.16. The van der Waals surface area contributed by atoms with E-state index >= 15 is 0 Å². The topological polar surface area (TPSA) is 125 Å². The number of aromatic nitrogens is 3. The molecule has 0 radical (unpaired) electrons. The molecule has 0 atom stereocenters. The molecule has 8 nitrogen and oxygen atoms in total. The van der Waals surface area contributed by atoms with Gasteiger partial charge in [0.1, 0.15) is 5.75 Å². The zero-order valence-corrected chi connectivity index (χ0v) is 9.44. The fourth-order valence-corrected chi connectivity index (χ4v) is 1.32. The Morgan fingerprint density at radius 1 is 1.16 bits per heavy atom. The molecule has 2 aromatic rings. The first-order chi connectivity index (χ1) is 9.08. The number of nitrogens with one attached hydrogen (secondary N) is 1. The number of carbonyl (C=O) groups is 2. The minimum absolute atomic E-state index is 0.0713. The van der Waals surface area contributed by atoms with E-state index in [9.17, 15) is 14.7 Å². The van der Waals surface area contributed by atoms with Crippen molar-refractivity contribution in [2.24, 2.45) is 0 Å². The number of nitrogens with zero attached hydrogens (tertiary/aromatic N) is 3. The predicted octanol–water partition coefficient (Wildman–Crippen LogP) is 0.528. The summed E-state index contributed by atoms with van der Waals surface area (Å²) >= 11 is 0. The van der Waals surface area contributed by atoms with Crippen molar-refractivity contribution in [3.8, 4) is 5.75 Å². The first kappa shape index (κ1) is 12.4. The molecular weight excluding hydrogens is 252 g/mol. The minimum atomic E-state index is -1.31. The number of rotatable bonds is 3. The van der Waals surface area contributed by atoms with Crippen molar-refractivity contribution in [2.75, 3.05) is 5.32 Å². The zero-order valence-electron chi connectivity index (χ0n) is 9.44. The summed E-state index contributed by atoms with van der Waals surface area (Å²) in [5, 5.41) is 20.4. The van der Waals surface area contributed by atoms with Crippen LogP contribution in [0.15, 0.2) is 30.9 Å². The number of anilines is 1. The van der Waals surface area contributed by atoms with E-state index in [0.29, 0.717) is 0 Å². The average Bonchev–Trinajstić information content (AvgIpc) is 2.39. The number of carbonyl (C=O) groups excluding carboxylic acids is 1. The van der Waals surface area contributed by atoms with Gasteiger partial charge in [-0.2, -0.15) is 0 Å². The Balaban J connectivity index is 2.27. The van der Waals surface area contributed by atoms with Crippen LogP contribution < -0.4 is 5.32 Å². The van der Waals surface area contributed by atoms with Crippen molar-refractivity contribution >= 4 is 17.7 Å². The van der Waals surface area contributed by atoms with Crippen LogP contribution in [0.25, 0.3) is 0 Å². The summed E-state index contributed by atoms with van der Waals surface area (Å²) in [6.07, 6.45) is 4.85. The number of aromatic carboxylic acids is 1. The summed E-state index contributed by atoms with van der Waals surface area (Å²) in [6.45, 7) is 0. The first-order valence-electron chi connectivity index (χ1n) is 5.07. The second-order valence-corrected chi connectivity index (χ2v) is 3.44. The summed E-state index contributed by atoms with van der Waals surface area (Å²) in [5.74, 6) is -2.31. The molecule has 0 aliphatic rings. The molecule has 19 heavy (non-hydrogen) atoms. The van der Waals surface area contributed by atoms with Crippen LogP contribution in [0.5, 0.6) is 5.75 Å². The molecule has 8 heteroatoms. The minimum Gasteiger partial charge on any atom is -0.506 e. The van der Waals surface area contributed by atoms with Gasteiger partial charge in [-0.3, -0.25) is 9.78 Å². The van der Waals surface area contributed by atoms with Crippen LogP contribution in [0.1, 0.15) is 20.8 Å². The monoisotopic (exact) mass is 260 g/mol. The molecule has 0 spiro atoms. The van der Waals surface area contributed by atoms with E-state index in [0.717, 1.165) is 0 Å². The Morgan fingerprint density at radius 3 is 2.58 bits per heavy atom. The predicted molar refractivity (Wildman–Crippen MR) is 62.8 cm³/mol. The van der Waals surface area contributed by atoms with Crippen LogP contribution in [0.2, 0.25) is 0 Å². The SMILES string of the molecule is O=C(Nc1nccnc1C(=O)O)c1cncc(O)c1. The van der Waals surface area contributed by atoms with Gasteiger partial charge < -0.3 is 15.5 Å². The Kier molecular flexibility index (Phi) is 3.33. The van der Waals surface area contributed by atoms with Gasteiger partial charge in [0.05, 0.1) is 11.8 Å². The average molecular weight is 260 g/mol. The number of hydrogen-bond donors (Lipinski definition) is 3. The van der Waals surface area contributed by atoms with E-state index in [4.69, 9.17) is 5.11 Å². The summed E-state index contributed by atoms with van der Waals surface area (Å²) in [4.78, 5) is 33.7. The molecule has 2 aromatic heterocycles. The van der Waals surface area contributed by atoms with E-state index in [1.807, 2.05) is 0 Å². The normalized spacial score (nSPS) is 9.89. The second kappa shape index (κ2) is 5.08. The summed E-state index contributed by atoms with van der Waals surface area (Å²) < 4.78 is 0. The highest BCUT2D eigenvalue weighted by molar-refractivity contribution is 6.06. The molecule has 0 saturated heterocycles. The van der Waals surface area contributed by atoms with Crippen LogP contribution in [-0.4, -0.2) is 37.0 Å². The number of aromatic hydroxyl groups is 1. The Labute approximate surface area is 106 Å². The smallest absolute Gasteiger partial charge is 0.358 e. The third kappa shape index (κ3) is 2.80. The van der Waals surface area contributed by atoms with Crippen molar-refractivity contribution in [3.63, 3.8) is 0 Å². The largest absolute Gasteiger partial charge is 0.506 e. The summed E-state index contributed by atoms with van der Waals surface area (Å²) in [6, 6.07) is 1.19. The first-order valence-corrected chi connectivity index (χ1v) is 5.07. The van der Waals surface area contributed by atoms with Gasteiger partial charge in [0.15, 0.2) is 11.5 Å². The Bertz CT molecular complexity index is 644. The molecule has 0 aromatic carbocycles. The third-order valence-electron chi connectivity index (χ3n) is 2.12. The third-order valence-corrected chi connectivity index (χ3v) is 2.12. The van der Waals surface area contributed by atoms with Gasteiger partial charge in [-0.1, -0.05) is 0 Å². The molecule has 2 rings (SSSR count). The number of hydrogen-bond acceptors (Lipinski definition) is 6. The number of carboxylic acid groups (broad SMARTS) is 1. The van der Waals surface area contributed by atoms with E-state index in [1.165, 1.54) is 30.9 Å². The maximum absolute atomic E-state index is 11.8. The molecule has 2 heterocycles.